The fourth-order valence-electron chi connectivity index (χ4n) is 1.92. The van der Waals surface area contributed by atoms with Gasteiger partial charge in [-0.15, -0.1) is 0 Å². The number of benzene rings is 2. The summed E-state index contributed by atoms with van der Waals surface area (Å²) in [5.74, 6) is -0.381. The molecule has 0 unspecified atom stereocenters. The average Bonchev–Trinajstić information content (AvgIpc) is 2.47. The Labute approximate surface area is 122 Å². The SMILES string of the molecule is CN(C)c1ccccc1NC(=O)c1cccc([N+](=O)[O-])c1. The van der Waals surface area contributed by atoms with Gasteiger partial charge in [-0.2, -0.15) is 0 Å². The van der Waals surface area contributed by atoms with Crippen LogP contribution in [0.1, 0.15) is 10.4 Å². The molecule has 21 heavy (non-hydrogen) atoms. The van der Waals surface area contributed by atoms with Crippen LogP contribution in [0.15, 0.2) is 48.5 Å². The lowest BCUT2D eigenvalue weighted by molar-refractivity contribution is -0.384. The van der Waals surface area contributed by atoms with E-state index in [9.17, 15) is 14.9 Å². The molecule has 6 nitrogen and oxygen atoms in total. The first-order chi connectivity index (χ1) is 9.99. The average molecular weight is 285 g/mol. The molecule has 0 saturated heterocycles. The lowest BCUT2D eigenvalue weighted by Gasteiger charge is -2.17. The van der Waals surface area contributed by atoms with E-state index in [1.54, 1.807) is 12.1 Å². The normalized spacial score (nSPS) is 10.0. The first-order valence-corrected chi connectivity index (χ1v) is 6.31. The van der Waals surface area contributed by atoms with Crippen molar-refractivity contribution in [3.05, 3.63) is 64.2 Å². The highest BCUT2D eigenvalue weighted by molar-refractivity contribution is 6.06. The number of amides is 1. The van der Waals surface area contributed by atoms with Crippen LogP contribution in [-0.4, -0.2) is 24.9 Å². The van der Waals surface area contributed by atoms with Gasteiger partial charge in [-0.25, -0.2) is 0 Å². The first-order valence-electron chi connectivity index (χ1n) is 6.31. The molecular formula is C15H15N3O3. The molecule has 1 amide bonds. The van der Waals surface area contributed by atoms with Crippen molar-refractivity contribution in [3.8, 4) is 0 Å². The van der Waals surface area contributed by atoms with Crippen LogP contribution < -0.4 is 10.2 Å². The van der Waals surface area contributed by atoms with Crippen molar-refractivity contribution >= 4 is 23.0 Å². The molecule has 1 N–H and O–H groups in total. The maximum atomic E-state index is 12.2. The second kappa shape index (κ2) is 6.04. The van der Waals surface area contributed by atoms with Crippen LogP contribution in [0.3, 0.4) is 0 Å². The summed E-state index contributed by atoms with van der Waals surface area (Å²) in [6.07, 6.45) is 0. The highest BCUT2D eigenvalue weighted by atomic mass is 16.6. The molecule has 0 heterocycles. The molecule has 2 aromatic rings. The summed E-state index contributed by atoms with van der Waals surface area (Å²) in [5, 5.41) is 13.5. The fraction of sp³-hybridized carbons (Fsp3) is 0.133. The zero-order valence-corrected chi connectivity index (χ0v) is 11.7. The number of nitro benzene ring substituents is 1. The van der Waals surface area contributed by atoms with Crippen molar-refractivity contribution in [2.45, 2.75) is 0 Å². The van der Waals surface area contributed by atoms with E-state index >= 15 is 0 Å². The van der Waals surface area contributed by atoms with E-state index in [-0.39, 0.29) is 17.2 Å². The third kappa shape index (κ3) is 3.36. The van der Waals surface area contributed by atoms with Crippen LogP contribution >= 0.6 is 0 Å². The summed E-state index contributed by atoms with van der Waals surface area (Å²) >= 11 is 0. The predicted molar refractivity (Wildman–Crippen MR) is 81.8 cm³/mol. The van der Waals surface area contributed by atoms with Gasteiger partial charge in [0.25, 0.3) is 11.6 Å². The van der Waals surface area contributed by atoms with Gasteiger partial charge in [-0.05, 0) is 18.2 Å². The van der Waals surface area contributed by atoms with Crippen molar-refractivity contribution in [2.75, 3.05) is 24.3 Å². The minimum atomic E-state index is -0.523. The number of rotatable bonds is 4. The molecule has 0 spiro atoms. The van der Waals surface area contributed by atoms with Gasteiger partial charge in [-0.3, -0.25) is 14.9 Å². The standard InChI is InChI=1S/C15H15N3O3/c1-17(2)14-9-4-3-8-13(14)16-15(19)11-6-5-7-12(10-11)18(20)21/h3-10H,1-2H3,(H,16,19). The van der Waals surface area contributed by atoms with Gasteiger partial charge in [-0.1, -0.05) is 18.2 Å². The third-order valence-corrected chi connectivity index (χ3v) is 2.95. The number of nitrogens with one attached hydrogen (secondary N) is 1. The van der Waals surface area contributed by atoms with Gasteiger partial charge in [0.15, 0.2) is 0 Å². The van der Waals surface area contributed by atoms with E-state index in [0.29, 0.717) is 5.69 Å². The minimum absolute atomic E-state index is 0.108. The Hall–Kier alpha value is -2.89. The summed E-state index contributed by atoms with van der Waals surface area (Å²) in [5.41, 5.74) is 1.65. The molecule has 0 fully saturated rings. The number of para-hydroxylation sites is 2. The second-order valence-electron chi connectivity index (χ2n) is 4.67. The molecule has 0 aliphatic carbocycles. The van der Waals surface area contributed by atoms with E-state index < -0.39 is 4.92 Å². The maximum Gasteiger partial charge on any atom is 0.270 e. The van der Waals surface area contributed by atoms with Crippen LogP contribution in [-0.2, 0) is 0 Å². The molecule has 0 saturated carbocycles. The van der Waals surface area contributed by atoms with Crippen molar-refractivity contribution < 1.29 is 9.72 Å². The number of anilines is 2. The molecule has 108 valence electrons. The van der Waals surface area contributed by atoms with Gasteiger partial charge in [0, 0.05) is 31.8 Å². The quantitative estimate of drug-likeness (QED) is 0.692. The minimum Gasteiger partial charge on any atom is -0.376 e. The maximum absolute atomic E-state index is 12.2. The Kier molecular flexibility index (Phi) is 4.18. The topological polar surface area (TPSA) is 75.5 Å². The molecule has 0 radical (unpaired) electrons. The Balaban J connectivity index is 2.26. The Bertz CT molecular complexity index is 683. The molecule has 0 aliphatic heterocycles. The Morgan fingerprint density at radius 3 is 2.52 bits per heavy atom. The third-order valence-electron chi connectivity index (χ3n) is 2.95. The van der Waals surface area contributed by atoms with Crippen LogP contribution in [0.4, 0.5) is 17.1 Å². The molecule has 2 rings (SSSR count). The molecule has 2 aromatic carbocycles. The van der Waals surface area contributed by atoms with Gasteiger partial charge in [0.1, 0.15) is 0 Å². The van der Waals surface area contributed by atoms with Crippen LogP contribution in [0, 0.1) is 10.1 Å². The van der Waals surface area contributed by atoms with Crippen molar-refractivity contribution in [1.82, 2.24) is 0 Å². The van der Waals surface area contributed by atoms with E-state index in [2.05, 4.69) is 5.32 Å². The van der Waals surface area contributed by atoms with Crippen molar-refractivity contribution in [1.29, 1.82) is 0 Å². The molecule has 6 heteroatoms. The lowest BCUT2D eigenvalue weighted by Crippen LogP contribution is -2.16. The smallest absolute Gasteiger partial charge is 0.270 e. The highest BCUT2D eigenvalue weighted by Crippen LogP contribution is 2.24. The number of nitrogens with zero attached hydrogens (tertiary/aromatic N) is 2. The monoisotopic (exact) mass is 285 g/mol. The zero-order valence-electron chi connectivity index (χ0n) is 11.7. The van der Waals surface area contributed by atoms with Gasteiger partial charge in [0.05, 0.1) is 16.3 Å². The summed E-state index contributed by atoms with van der Waals surface area (Å²) in [6, 6.07) is 13.0. The summed E-state index contributed by atoms with van der Waals surface area (Å²) < 4.78 is 0. The molecule has 0 bridgehead atoms. The Morgan fingerprint density at radius 1 is 1.14 bits per heavy atom. The van der Waals surface area contributed by atoms with E-state index in [0.717, 1.165) is 5.69 Å². The number of carbonyl (C=O) groups is 1. The van der Waals surface area contributed by atoms with Crippen LogP contribution in [0.2, 0.25) is 0 Å². The molecular weight excluding hydrogens is 270 g/mol. The van der Waals surface area contributed by atoms with Gasteiger partial charge < -0.3 is 10.2 Å². The Morgan fingerprint density at radius 2 is 1.86 bits per heavy atom. The van der Waals surface area contributed by atoms with E-state index in [1.165, 1.54) is 18.2 Å². The lowest BCUT2D eigenvalue weighted by atomic mass is 10.1. The number of hydrogen-bond donors (Lipinski definition) is 1. The van der Waals surface area contributed by atoms with Crippen LogP contribution in [0.25, 0.3) is 0 Å². The zero-order chi connectivity index (χ0) is 15.4. The molecule has 0 aliphatic rings. The first kappa shape index (κ1) is 14.5. The second-order valence-corrected chi connectivity index (χ2v) is 4.67. The number of non-ortho nitro benzene ring substituents is 1. The van der Waals surface area contributed by atoms with Crippen LogP contribution in [0.5, 0.6) is 0 Å². The summed E-state index contributed by atoms with van der Waals surface area (Å²) in [7, 11) is 3.75. The van der Waals surface area contributed by atoms with Crippen molar-refractivity contribution in [3.63, 3.8) is 0 Å². The predicted octanol–water partition coefficient (Wildman–Crippen LogP) is 2.91. The van der Waals surface area contributed by atoms with E-state index in [1.807, 2.05) is 37.2 Å². The summed E-state index contributed by atoms with van der Waals surface area (Å²) in [4.78, 5) is 24.3. The molecule has 0 aromatic heterocycles. The van der Waals surface area contributed by atoms with Gasteiger partial charge >= 0.3 is 0 Å². The molecule has 0 atom stereocenters. The number of carbonyl (C=O) groups excluding carboxylic acids is 1. The highest BCUT2D eigenvalue weighted by Gasteiger charge is 2.13. The largest absolute Gasteiger partial charge is 0.376 e. The fourth-order valence-corrected chi connectivity index (χ4v) is 1.92. The number of hydrogen-bond acceptors (Lipinski definition) is 4. The number of nitro groups is 1. The van der Waals surface area contributed by atoms with Crippen molar-refractivity contribution in [2.24, 2.45) is 0 Å². The van der Waals surface area contributed by atoms with Gasteiger partial charge in [0.2, 0.25) is 0 Å². The summed E-state index contributed by atoms with van der Waals surface area (Å²) in [6.45, 7) is 0. The van der Waals surface area contributed by atoms with E-state index in [4.69, 9.17) is 0 Å².